The predicted octanol–water partition coefficient (Wildman–Crippen LogP) is 4.06. The normalized spacial score (nSPS) is 13.0. The van der Waals surface area contributed by atoms with Crippen molar-refractivity contribution in [2.24, 2.45) is 0 Å². The van der Waals surface area contributed by atoms with E-state index in [9.17, 15) is 9.59 Å². The Morgan fingerprint density at radius 3 is 2.47 bits per heavy atom. The van der Waals surface area contributed by atoms with E-state index in [4.69, 9.17) is 15.2 Å². The standard InChI is InChI=1S/C29H32N8O6/c1-19-23-14-15-26(38)35(28(23)31-20(2)30-19)18-21-10-12-22(13-11-21)24-8-4-5-9-25(24)27-32-34-36(33-27)29(39)42-16-6-3-7-17-43-37(40)41/h4-5,8-13,40-41H,3,6-7,14-18H2,1-2H3. The topological polar surface area (TPSA) is 169 Å². The number of aromatic nitrogens is 6. The van der Waals surface area contributed by atoms with E-state index >= 15 is 0 Å². The van der Waals surface area contributed by atoms with Crippen LogP contribution in [0.3, 0.4) is 0 Å². The summed E-state index contributed by atoms with van der Waals surface area (Å²) in [7, 11) is 0. The van der Waals surface area contributed by atoms with E-state index < -0.39 is 6.09 Å². The fourth-order valence-electron chi connectivity index (χ4n) is 4.93. The van der Waals surface area contributed by atoms with Crippen LogP contribution in [0.5, 0.6) is 0 Å². The third-order valence-electron chi connectivity index (χ3n) is 7.02. The first kappa shape index (κ1) is 29.8. The van der Waals surface area contributed by atoms with Crippen LogP contribution >= 0.6 is 0 Å². The maximum atomic E-state index is 12.8. The van der Waals surface area contributed by atoms with Gasteiger partial charge < -0.3 is 4.74 Å². The number of aryl methyl sites for hydroxylation is 2. The monoisotopic (exact) mass is 588 g/mol. The molecule has 0 atom stereocenters. The molecule has 5 rings (SSSR count). The van der Waals surface area contributed by atoms with Crippen LogP contribution in [0.1, 0.15) is 48.3 Å². The maximum Gasteiger partial charge on any atom is 0.453 e. The number of nitrogens with zero attached hydrogens (tertiary/aromatic N) is 8. The number of hydrogen-bond donors (Lipinski definition) is 2. The van der Waals surface area contributed by atoms with Crippen molar-refractivity contribution in [1.82, 2.24) is 35.6 Å². The van der Waals surface area contributed by atoms with Crippen molar-refractivity contribution >= 4 is 17.8 Å². The predicted molar refractivity (Wildman–Crippen MR) is 152 cm³/mol. The summed E-state index contributed by atoms with van der Waals surface area (Å²) in [4.78, 5) is 41.3. The quantitative estimate of drug-likeness (QED) is 0.191. The molecule has 0 radical (unpaired) electrons. The number of carbonyl (C=O) groups excluding carboxylic acids is 2. The molecule has 0 unspecified atom stereocenters. The largest absolute Gasteiger partial charge is 0.453 e. The Morgan fingerprint density at radius 2 is 1.70 bits per heavy atom. The molecule has 0 spiro atoms. The number of hydrogen-bond acceptors (Lipinski definition) is 12. The van der Waals surface area contributed by atoms with Gasteiger partial charge in [-0.2, -0.15) is 0 Å². The summed E-state index contributed by atoms with van der Waals surface area (Å²) < 4.78 is 5.21. The van der Waals surface area contributed by atoms with E-state index in [1.54, 1.807) is 4.90 Å². The molecule has 0 bridgehead atoms. The van der Waals surface area contributed by atoms with Crippen LogP contribution in [-0.4, -0.2) is 71.2 Å². The number of benzene rings is 2. The molecule has 2 N–H and O–H groups in total. The Balaban J connectivity index is 1.25. The van der Waals surface area contributed by atoms with Gasteiger partial charge in [0.15, 0.2) is 0 Å². The molecule has 0 saturated carbocycles. The first-order chi connectivity index (χ1) is 20.8. The first-order valence-corrected chi connectivity index (χ1v) is 13.9. The van der Waals surface area contributed by atoms with Crippen LogP contribution in [0.2, 0.25) is 0 Å². The van der Waals surface area contributed by atoms with Gasteiger partial charge in [0.2, 0.25) is 11.7 Å². The summed E-state index contributed by atoms with van der Waals surface area (Å²) in [6.45, 7) is 4.45. The summed E-state index contributed by atoms with van der Waals surface area (Å²) in [6, 6.07) is 15.5. The number of amides is 1. The van der Waals surface area contributed by atoms with E-state index in [0.29, 0.717) is 55.9 Å². The van der Waals surface area contributed by atoms with Gasteiger partial charge in [0.25, 0.3) is 0 Å². The lowest BCUT2D eigenvalue weighted by atomic mass is 9.98. The molecule has 1 aliphatic heterocycles. The summed E-state index contributed by atoms with van der Waals surface area (Å²) in [5.41, 5.74) is 5.34. The Hall–Kier alpha value is -4.63. The van der Waals surface area contributed by atoms with Crippen molar-refractivity contribution in [2.75, 3.05) is 18.1 Å². The third-order valence-corrected chi connectivity index (χ3v) is 7.02. The zero-order chi connectivity index (χ0) is 30.3. The number of tetrazole rings is 1. The molecular weight excluding hydrogens is 556 g/mol. The second kappa shape index (κ2) is 13.6. The van der Waals surface area contributed by atoms with Gasteiger partial charge in [-0.25, -0.2) is 14.8 Å². The fraction of sp³-hybridized carbons (Fsp3) is 0.345. The second-order valence-electron chi connectivity index (χ2n) is 10.0. The number of carbonyl (C=O) groups is 2. The summed E-state index contributed by atoms with van der Waals surface area (Å²) in [5, 5.41) is 28.8. The first-order valence-electron chi connectivity index (χ1n) is 13.9. The molecular formula is C29H32N8O6. The van der Waals surface area contributed by atoms with Crippen molar-refractivity contribution < 1.29 is 29.6 Å². The highest BCUT2D eigenvalue weighted by molar-refractivity contribution is 5.95. The molecule has 14 nitrogen and oxygen atoms in total. The summed E-state index contributed by atoms with van der Waals surface area (Å²) in [5.74, 6) is 1.64. The molecule has 224 valence electrons. The molecule has 14 heteroatoms. The minimum atomic E-state index is -0.752. The second-order valence-corrected chi connectivity index (χ2v) is 10.0. The van der Waals surface area contributed by atoms with Gasteiger partial charge >= 0.3 is 6.09 Å². The lowest BCUT2D eigenvalue weighted by molar-refractivity contribution is -0.492. The SMILES string of the molecule is Cc1nc(C)c2c(n1)N(Cc1ccc(-c3ccccc3-c3nnn(C(=O)OCCCCCON(O)O)n3)cc1)C(=O)CC2. The van der Waals surface area contributed by atoms with Crippen molar-refractivity contribution in [3.63, 3.8) is 0 Å². The summed E-state index contributed by atoms with van der Waals surface area (Å²) in [6.07, 6.45) is 2.08. The van der Waals surface area contributed by atoms with Crippen LogP contribution in [0, 0.1) is 13.8 Å². The molecule has 3 heterocycles. The Bertz CT molecular complexity index is 1590. The zero-order valence-corrected chi connectivity index (χ0v) is 23.9. The number of ether oxygens (including phenoxy) is 1. The van der Waals surface area contributed by atoms with E-state index in [-0.39, 0.29) is 30.3 Å². The minimum Gasteiger partial charge on any atom is -0.447 e. The highest BCUT2D eigenvalue weighted by Crippen LogP contribution is 2.32. The average Bonchev–Trinajstić information content (AvgIpc) is 3.49. The van der Waals surface area contributed by atoms with Crippen LogP contribution in [0.4, 0.5) is 10.6 Å². The minimum absolute atomic E-state index is 0.0406. The third kappa shape index (κ3) is 7.24. The van der Waals surface area contributed by atoms with E-state index in [0.717, 1.165) is 32.7 Å². The molecule has 0 aliphatic carbocycles. The lowest BCUT2D eigenvalue weighted by Crippen LogP contribution is -2.36. The van der Waals surface area contributed by atoms with Crippen LogP contribution in [0.25, 0.3) is 22.5 Å². The fourth-order valence-corrected chi connectivity index (χ4v) is 4.93. The van der Waals surface area contributed by atoms with Gasteiger partial charge in [-0.05, 0) is 61.4 Å². The van der Waals surface area contributed by atoms with Crippen molar-refractivity contribution in [2.45, 2.75) is 52.5 Å². The van der Waals surface area contributed by atoms with Gasteiger partial charge in [0, 0.05) is 23.2 Å². The van der Waals surface area contributed by atoms with Crippen LogP contribution in [-0.2, 0) is 27.3 Å². The van der Waals surface area contributed by atoms with E-state index in [1.807, 2.05) is 62.4 Å². The lowest BCUT2D eigenvalue weighted by Gasteiger charge is -2.29. The molecule has 4 aromatic rings. The van der Waals surface area contributed by atoms with E-state index in [2.05, 4.69) is 30.2 Å². The van der Waals surface area contributed by atoms with Gasteiger partial charge in [0.1, 0.15) is 11.6 Å². The zero-order valence-electron chi connectivity index (χ0n) is 23.9. The van der Waals surface area contributed by atoms with E-state index in [1.165, 1.54) is 0 Å². The van der Waals surface area contributed by atoms with Gasteiger partial charge in [-0.1, -0.05) is 53.3 Å². The summed E-state index contributed by atoms with van der Waals surface area (Å²) >= 11 is 0. The van der Waals surface area contributed by atoms with Crippen LogP contribution in [0.15, 0.2) is 48.5 Å². The highest BCUT2D eigenvalue weighted by atomic mass is 17.1. The molecule has 2 aromatic carbocycles. The Labute approximate surface area is 247 Å². The highest BCUT2D eigenvalue weighted by Gasteiger charge is 2.28. The maximum absolute atomic E-state index is 12.8. The average molecular weight is 589 g/mol. The molecule has 1 amide bonds. The molecule has 1 aliphatic rings. The Kier molecular flexibility index (Phi) is 9.41. The number of unbranched alkanes of at least 4 members (excludes halogenated alkanes) is 2. The molecule has 0 fully saturated rings. The van der Waals surface area contributed by atoms with Gasteiger partial charge in [0.05, 0.1) is 25.1 Å². The molecule has 43 heavy (non-hydrogen) atoms. The van der Waals surface area contributed by atoms with Crippen LogP contribution < -0.4 is 4.90 Å². The Morgan fingerprint density at radius 1 is 0.953 bits per heavy atom. The molecule has 0 saturated heterocycles. The molecule has 2 aromatic heterocycles. The smallest absolute Gasteiger partial charge is 0.447 e. The van der Waals surface area contributed by atoms with Gasteiger partial charge in [-0.3, -0.25) is 24.9 Å². The van der Waals surface area contributed by atoms with Gasteiger partial charge in [-0.15, -0.1) is 10.2 Å². The van der Waals surface area contributed by atoms with Crippen molar-refractivity contribution in [3.05, 3.63) is 71.2 Å². The number of anilines is 1. The number of fused-ring (bicyclic) bond motifs is 1. The number of rotatable bonds is 11. The van der Waals surface area contributed by atoms with Crippen molar-refractivity contribution in [1.29, 1.82) is 0 Å². The van der Waals surface area contributed by atoms with Crippen molar-refractivity contribution in [3.8, 4) is 22.5 Å².